The second-order valence-electron chi connectivity index (χ2n) is 5.90. The van der Waals surface area contributed by atoms with E-state index in [1.54, 1.807) is 12.5 Å². The Labute approximate surface area is 160 Å². The van der Waals surface area contributed by atoms with Crippen LogP contribution in [-0.2, 0) is 11.3 Å². The lowest BCUT2D eigenvalue weighted by atomic mass is 10.1. The molecule has 1 amide bonds. The number of aromatic nitrogens is 2. The number of nitrogens with one attached hydrogen (secondary N) is 1. The molecule has 1 fully saturated rings. The number of carbonyl (C=O) groups excluding carboxylic acids is 1. The molecular formula is C17H24Cl2N4O2. The van der Waals surface area contributed by atoms with Crippen molar-refractivity contribution < 1.29 is 9.53 Å². The van der Waals surface area contributed by atoms with Crippen LogP contribution in [0.2, 0.25) is 0 Å². The number of halogens is 2. The Morgan fingerprint density at radius 1 is 1.32 bits per heavy atom. The molecule has 2 atom stereocenters. The number of nitrogens with two attached hydrogens (primary N) is 1. The lowest BCUT2D eigenvalue weighted by molar-refractivity contribution is -0.119. The lowest BCUT2D eigenvalue weighted by Crippen LogP contribution is -2.23. The van der Waals surface area contributed by atoms with E-state index in [9.17, 15) is 4.79 Å². The SMILES string of the molecule is Cl.Cl.NC1CCC(C(=O)Nc2ccccc2OCCn2ccnc2)C1. The highest BCUT2D eigenvalue weighted by Crippen LogP contribution is 2.28. The predicted octanol–water partition coefficient (Wildman–Crippen LogP) is 2.87. The standard InChI is InChI=1S/C17H22N4O2.2ClH/c18-14-6-5-13(11-14)17(22)20-15-3-1-2-4-16(15)23-10-9-21-8-7-19-12-21;;/h1-4,7-8,12-14H,5-6,9-11,18H2,(H,20,22);2*1H. The summed E-state index contributed by atoms with van der Waals surface area (Å²) >= 11 is 0. The Bertz CT molecular complexity index is 652. The van der Waals surface area contributed by atoms with Gasteiger partial charge in [-0.2, -0.15) is 0 Å². The first-order valence-corrected chi connectivity index (χ1v) is 7.96. The first-order valence-electron chi connectivity index (χ1n) is 7.96. The van der Waals surface area contributed by atoms with E-state index in [0.29, 0.717) is 24.6 Å². The summed E-state index contributed by atoms with van der Waals surface area (Å²) < 4.78 is 7.75. The molecule has 0 radical (unpaired) electrons. The summed E-state index contributed by atoms with van der Waals surface area (Å²) in [5.41, 5.74) is 6.60. The van der Waals surface area contributed by atoms with Gasteiger partial charge in [-0.05, 0) is 31.4 Å². The maximum absolute atomic E-state index is 12.3. The Morgan fingerprint density at radius 3 is 2.80 bits per heavy atom. The molecule has 2 aromatic rings. The molecule has 2 unspecified atom stereocenters. The van der Waals surface area contributed by atoms with Gasteiger partial charge in [0.25, 0.3) is 0 Å². The quantitative estimate of drug-likeness (QED) is 0.799. The van der Waals surface area contributed by atoms with Crippen LogP contribution < -0.4 is 15.8 Å². The van der Waals surface area contributed by atoms with Gasteiger partial charge in [0.05, 0.1) is 18.6 Å². The Kier molecular flexibility index (Phi) is 8.75. The van der Waals surface area contributed by atoms with Gasteiger partial charge >= 0.3 is 0 Å². The third-order valence-electron chi connectivity index (χ3n) is 4.16. The third-order valence-corrected chi connectivity index (χ3v) is 4.16. The molecule has 1 saturated carbocycles. The molecule has 6 nitrogen and oxygen atoms in total. The minimum absolute atomic E-state index is 0. The highest BCUT2D eigenvalue weighted by Gasteiger charge is 2.28. The largest absolute Gasteiger partial charge is 0.490 e. The van der Waals surface area contributed by atoms with Gasteiger partial charge in [-0.1, -0.05) is 12.1 Å². The van der Waals surface area contributed by atoms with Crippen molar-refractivity contribution in [2.75, 3.05) is 11.9 Å². The van der Waals surface area contributed by atoms with E-state index in [2.05, 4.69) is 10.3 Å². The Hall–Kier alpha value is -1.76. The molecule has 1 aliphatic rings. The van der Waals surface area contributed by atoms with Gasteiger partial charge in [-0.25, -0.2) is 4.98 Å². The molecule has 0 spiro atoms. The molecule has 25 heavy (non-hydrogen) atoms. The minimum Gasteiger partial charge on any atom is -0.490 e. The van der Waals surface area contributed by atoms with Gasteiger partial charge in [-0.15, -0.1) is 24.8 Å². The fourth-order valence-corrected chi connectivity index (χ4v) is 2.87. The van der Waals surface area contributed by atoms with Crippen molar-refractivity contribution in [3.05, 3.63) is 43.0 Å². The minimum atomic E-state index is 0. The maximum Gasteiger partial charge on any atom is 0.227 e. The van der Waals surface area contributed by atoms with Crippen LogP contribution in [0.4, 0.5) is 5.69 Å². The molecular weight excluding hydrogens is 363 g/mol. The number of para-hydroxylation sites is 2. The van der Waals surface area contributed by atoms with E-state index in [-0.39, 0.29) is 42.7 Å². The summed E-state index contributed by atoms with van der Waals surface area (Å²) in [7, 11) is 0. The molecule has 138 valence electrons. The predicted molar refractivity (Wildman–Crippen MR) is 103 cm³/mol. The van der Waals surface area contributed by atoms with E-state index < -0.39 is 0 Å². The monoisotopic (exact) mass is 386 g/mol. The first kappa shape index (κ1) is 21.3. The van der Waals surface area contributed by atoms with Crippen molar-refractivity contribution in [1.29, 1.82) is 0 Å². The fourth-order valence-electron chi connectivity index (χ4n) is 2.87. The zero-order valence-corrected chi connectivity index (χ0v) is 15.5. The number of anilines is 1. The normalized spacial score (nSPS) is 18.8. The van der Waals surface area contributed by atoms with Crippen LogP contribution in [0.15, 0.2) is 43.0 Å². The van der Waals surface area contributed by atoms with Crippen LogP contribution >= 0.6 is 24.8 Å². The number of benzene rings is 1. The third kappa shape index (κ3) is 5.92. The van der Waals surface area contributed by atoms with Crippen LogP contribution in [0.1, 0.15) is 19.3 Å². The average molecular weight is 387 g/mol. The molecule has 1 aromatic carbocycles. The van der Waals surface area contributed by atoms with Crippen LogP contribution in [0.3, 0.4) is 0 Å². The van der Waals surface area contributed by atoms with Gasteiger partial charge in [0.2, 0.25) is 5.91 Å². The number of hydrogen-bond donors (Lipinski definition) is 2. The lowest BCUT2D eigenvalue weighted by Gasteiger charge is -2.15. The number of hydrogen-bond acceptors (Lipinski definition) is 4. The van der Waals surface area contributed by atoms with Crippen LogP contribution in [-0.4, -0.2) is 28.1 Å². The summed E-state index contributed by atoms with van der Waals surface area (Å²) in [6.45, 7) is 1.22. The summed E-state index contributed by atoms with van der Waals surface area (Å²) in [5.74, 6) is 0.718. The second kappa shape index (κ2) is 10.3. The van der Waals surface area contributed by atoms with E-state index >= 15 is 0 Å². The second-order valence-corrected chi connectivity index (χ2v) is 5.90. The molecule has 1 heterocycles. The smallest absolute Gasteiger partial charge is 0.227 e. The van der Waals surface area contributed by atoms with Gasteiger partial charge in [0, 0.05) is 24.4 Å². The average Bonchev–Trinajstić information content (AvgIpc) is 3.20. The molecule has 3 N–H and O–H groups in total. The molecule has 1 aliphatic carbocycles. The fraction of sp³-hybridized carbons (Fsp3) is 0.412. The number of rotatable bonds is 6. The van der Waals surface area contributed by atoms with Crippen LogP contribution in [0, 0.1) is 5.92 Å². The summed E-state index contributed by atoms with van der Waals surface area (Å²) in [6, 6.07) is 7.66. The van der Waals surface area contributed by atoms with Crippen molar-refractivity contribution in [3.8, 4) is 5.75 Å². The summed E-state index contributed by atoms with van der Waals surface area (Å²) in [6.07, 6.45) is 7.91. The van der Waals surface area contributed by atoms with Crippen molar-refractivity contribution >= 4 is 36.4 Å². The molecule has 0 saturated heterocycles. The van der Waals surface area contributed by atoms with E-state index in [1.165, 1.54) is 0 Å². The number of nitrogens with zero attached hydrogens (tertiary/aromatic N) is 2. The van der Waals surface area contributed by atoms with Crippen LogP contribution in [0.25, 0.3) is 0 Å². The zero-order valence-electron chi connectivity index (χ0n) is 13.8. The van der Waals surface area contributed by atoms with Crippen LogP contribution in [0.5, 0.6) is 5.75 Å². The first-order chi connectivity index (χ1) is 11.2. The number of imidazole rings is 1. The highest BCUT2D eigenvalue weighted by molar-refractivity contribution is 5.94. The Morgan fingerprint density at radius 2 is 2.12 bits per heavy atom. The number of ether oxygens (including phenoxy) is 1. The van der Waals surface area contributed by atoms with Gasteiger partial charge in [-0.3, -0.25) is 4.79 Å². The number of amides is 1. The maximum atomic E-state index is 12.3. The topological polar surface area (TPSA) is 82.2 Å². The molecule has 3 rings (SSSR count). The van der Waals surface area contributed by atoms with Gasteiger partial charge in [0.1, 0.15) is 12.4 Å². The molecule has 0 aliphatic heterocycles. The van der Waals surface area contributed by atoms with E-state index in [4.69, 9.17) is 10.5 Å². The van der Waals surface area contributed by atoms with Crippen molar-refractivity contribution in [1.82, 2.24) is 9.55 Å². The molecule has 1 aromatic heterocycles. The van der Waals surface area contributed by atoms with E-state index in [1.807, 2.05) is 35.0 Å². The van der Waals surface area contributed by atoms with Gasteiger partial charge < -0.3 is 20.4 Å². The molecule has 0 bridgehead atoms. The summed E-state index contributed by atoms with van der Waals surface area (Å²) in [5, 5.41) is 2.98. The zero-order chi connectivity index (χ0) is 16.1. The van der Waals surface area contributed by atoms with Crippen molar-refractivity contribution in [2.45, 2.75) is 31.8 Å². The highest BCUT2D eigenvalue weighted by atomic mass is 35.5. The van der Waals surface area contributed by atoms with Crippen molar-refractivity contribution in [2.24, 2.45) is 11.7 Å². The van der Waals surface area contributed by atoms with Gasteiger partial charge in [0.15, 0.2) is 0 Å². The van der Waals surface area contributed by atoms with Crippen molar-refractivity contribution in [3.63, 3.8) is 0 Å². The summed E-state index contributed by atoms with van der Waals surface area (Å²) in [4.78, 5) is 16.3. The number of carbonyl (C=O) groups is 1. The van der Waals surface area contributed by atoms with E-state index in [0.717, 1.165) is 19.3 Å². The molecule has 8 heteroatoms. The Balaban J connectivity index is 0.00000156.